The van der Waals surface area contributed by atoms with Crippen LogP contribution in [0.15, 0.2) is 12.3 Å². The number of nitrogens with zero attached hydrogens (tertiary/aromatic N) is 2. The van der Waals surface area contributed by atoms with Gasteiger partial charge in [-0.25, -0.2) is 0 Å². The molecule has 1 amide bonds. The van der Waals surface area contributed by atoms with Gasteiger partial charge in [-0.2, -0.15) is 0 Å². The summed E-state index contributed by atoms with van der Waals surface area (Å²) in [7, 11) is 0. The van der Waals surface area contributed by atoms with E-state index in [1.165, 1.54) is 0 Å². The van der Waals surface area contributed by atoms with Gasteiger partial charge in [-0.15, -0.1) is 0 Å². The van der Waals surface area contributed by atoms with Gasteiger partial charge in [0.05, 0.1) is 11.3 Å². The van der Waals surface area contributed by atoms with Crippen LogP contribution >= 0.6 is 0 Å². The number of nitrogen functional groups attached to an aromatic ring is 1. The number of anilines is 1. The summed E-state index contributed by atoms with van der Waals surface area (Å²) in [6, 6.07) is 1.70. The molecule has 1 unspecified atom stereocenters. The average Bonchev–Trinajstić information content (AvgIpc) is 2.68. The molecule has 1 atom stereocenters. The highest BCUT2D eigenvalue weighted by Crippen LogP contribution is 2.22. The molecule has 1 aromatic rings. The smallest absolute Gasteiger partial charge is 0.270 e. The number of carbonyl (C=O) groups excluding carboxylic acids is 1. The fourth-order valence-corrected chi connectivity index (χ4v) is 2.53. The second-order valence-electron chi connectivity index (χ2n) is 5.27. The molecule has 1 fully saturated rings. The molecular weight excluding hydrogens is 230 g/mol. The number of aromatic nitrogens is 1. The largest absolute Gasteiger partial charge is 0.397 e. The summed E-state index contributed by atoms with van der Waals surface area (Å²) in [6.45, 7) is 5.55. The van der Waals surface area contributed by atoms with Gasteiger partial charge in [0.25, 0.3) is 5.91 Å². The Morgan fingerprint density at radius 2 is 2.33 bits per heavy atom. The van der Waals surface area contributed by atoms with E-state index in [-0.39, 0.29) is 5.91 Å². The highest BCUT2D eigenvalue weighted by atomic mass is 16.3. The van der Waals surface area contributed by atoms with Crippen molar-refractivity contribution in [2.45, 2.75) is 38.8 Å². The number of aliphatic hydroxyl groups is 1. The molecule has 1 aliphatic rings. The minimum Gasteiger partial charge on any atom is -0.397 e. The zero-order valence-corrected chi connectivity index (χ0v) is 11.0. The van der Waals surface area contributed by atoms with Crippen molar-refractivity contribution >= 4 is 11.6 Å². The molecule has 100 valence electrons. The minimum atomic E-state index is -0.775. The Labute approximate surface area is 107 Å². The van der Waals surface area contributed by atoms with Crippen molar-refractivity contribution < 1.29 is 9.90 Å². The lowest BCUT2D eigenvalue weighted by Crippen LogP contribution is -2.48. The number of carbonyl (C=O) groups is 1. The first-order chi connectivity index (χ1) is 8.43. The number of β-amino-alcohol motifs (C(OH)–C–C–N with tert-alkyl or cyclic N) is 1. The fraction of sp³-hybridized carbons (Fsp3) is 0.615. The quantitative estimate of drug-likeness (QED) is 0.826. The van der Waals surface area contributed by atoms with Gasteiger partial charge in [0.15, 0.2) is 0 Å². The van der Waals surface area contributed by atoms with Crippen LogP contribution in [0.5, 0.6) is 0 Å². The predicted octanol–water partition coefficient (Wildman–Crippen LogP) is 1.08. The summed E-state index contributed by atoms with van der Waals surface area (Å²) in [5.41, 5.74) is 6.17. The standard InChI is InChI=1S/C13H21N3O2/c1-3-15-8-10(14)7-11(15)12(17)16-6-4-5-13(2,18)9-16/h7-8,18H,3-6,9,14H2,1-2H3. The Morgan fingerprint density at radius 1 is 1.61 bits per heavy atom. The van der Waals surface area contributed by atoms with Gasteiger partial charge in [-0.05, 0) is 32.8 Å². The Morgan fingerprint density at radius 3 is 2.94 bits per heavy atom. The average molecular weight is 251 g/mol. The Kier molecular flexibility index (Phi) is 3.34. The summed E-state index contributed by atoms with van der Waals surface area (Å²) >= 11 is 0. The maximum atomic E-state index is 12.4. The SMILES string of the molecule is CCn1cc(N)cc1C(=O)N1CCCC(C)(O)C1. The normalized spacial score (nSPS) is 24.3. The van der Waals surface area contributed by atoms with Crippen LogP contribution in [0.2, 0.25) is 0 Å². The van der Waals surface area contributed by atoms with Gasteiger partial charge >= 0.3 is 0 Å². The maximum Gasteiger partial charge on any atom is 0.270 e. The molecule has 5 heteroatoms. The Hall–Kier alpha value is -1.49. The van der Waals surface area contributed by atoms with Gasteiger partial charge in [0.1, 0.15) is 5.69 Å². The summed E-state index contributed by atoms with van der Waals surface area (Å²) in [5.74, 6) is -0.0477. The molecule has 3 N–H and O–H groups in total. The molecule has 1 aromatic heterocycles. The third-order valence-electron chi connectivity index (χ3n) is 3.44. The highest BCUT2D eigenvalue weighted by Gasteiger charge is 2.32. The summed E-state index contributed by atoms with van der Waals surface area (Å²) in [5, 5.41) is 10.0. The van der Waals surface area contributed by atoms with Crippen LogP contribution in [0.4, 0.5) is 5.69 Å². The summed E-state index contributed by atoms with van der Waals surface area (Å²) < 4.78 is 1.85. The monoisotopic (exact) mass is 251 g/mol. The third kappa shape index (κ3) is 2.51. The van der Waals surface area contributed by atoms with Crippen LogP contribution in [-0.4, -0.2) is 39.2 Å². The number of piperidine rings is 1. The highest BCUT2D eigenvalue weighted by molar-refractivity contribution is 5.94. The maximum absolute atomic E-state index is 12.4. The van der Waals surface area contributed by atoms with E-state index < -0.39 is 5.60 Å². The number of rotatable bonds is 2. The van der Waals surface area contributed by atoms with Crippen molar-refractivity contribution in [3.63, 3.8) is 0 Å². The first-order valence-electron chi connectivity index (χ1n) is 6.40. The molecule has 1 aliphatic heterocycles. The summed E-state index contributed by atoms with van der Waals surface area (Å²) in [4.78, 5) is 14.1. The molecule has 0 aliphatic carbocycles. The predicted molar refractivity (Wildman–Crippen MR) is 70.3 cm³/mol. The molecule has 0 saturated carbocycles. The van der Waals surface area contributed by atoms with Crippen LogP contribution in [0.1, 0.15) is 37.2 Å². The van der Waals surface area contributed by atoms with Crippen molar-refractivity contribution in [1.29, 1.82) is 0 Å². The topological polar surface area (TPSA) is 71.5 Å². The molecule has 0 aromatic carbocycles. The van der Waals surface area contributed by atoms with Gasteiger partial charge in [0.2, 0.25) is 0 Å². The van der Waals surface area contributed by atoms with Gasteiger partial charge in [-0.3, -0.25) is 4.79 Å². The van der Waals surface area contributed by atoms with Crippen molar-refractivity contribution in [2.24, 2.45) is 0 Å². The molecule has 0 bridgehead atoms. The van der Waals surface area contributed by atoms with E-state index in [1.54, 1.807) is 24.1 Å². The third-order valence-corrected chi connectivity index (χ3v) is 3.44. The van der Waals surface area contributed by atoms with Crippen LogP contribution in [0, 0.1) is 0 Å². The van der Waals surface area contributed by atoms with Crippen LogP contribution in [-0.2, 0) is 6.54 Å². The van der Waals surface area contributed by atoms with Gasteiger partial charge < -0.3 is 20.3 Å². The van der Waals surface area contributed by atoms with Gasteiger partial charge in [0, 0.05) is 25.8 Å². The first-order valence-corrected chi connectivity index (χ1v) is 6.40. The number of hydrogen-bond donors (Lipinski definition) is 2. The Bertz CT molecular complexity index is 451. The second-order valence-corrected chi connectivity index (χ2v) is 5.27. The lowest BCUT2D eigenvalue weighted by atomic mass is 9.95. The van der Waals surface area contributed by atoms with E-state index in [4.69, 9.17) is 5.73 Å². The van der Waals surface area contributed by atoms with Crippen molar-refractivity contribution in [1.82, 2.24) is 9.47 Å². The van der Waals surface area contributed by atoms with E-state index >= 15 is 0 Å². The molecule has 2 rings (SSSR count). The number of aryl methyl sites for hydroxylation is 1. The summed E-state index contributed by atoms with van der Waals surface area (Å²) in [6.07, 6.45) is 3.35. The zero-order valence-electron chi connectivity index (χ0n) is 11.0. The van der Waals surface area contributed by atoms with Crippen LogP contribution in [0.3, 0.4) is 0 Å². The number of hydrogen-bond acceptors (Lipinski definition) is 3. The van der Waals surface area contributed by atoms with Crippen molar-refractivity contribution in [3.8, 4) is 0 Å². The number of amides is 1. The zero-order chi connectivity index (χ0) is 13.3. The first kappa shape index (κ1) is 13.0. The molecule has 5 nitrogen and oxygen atoms in total. The van der Waals surface area contributed by atoms with Crippen molar-refractivity contribution in [3.05, 3.63) is 18.0 Å². The van der Waals surface area contributed by atoms with Crippen molar-refractivity contribution in [2.75, 3.05) is 18.8 Å². The lowest BCUT2D eigenvalue weighted by molar-refractivity contribution is -0.0111. The fourth-order valence-electron chi connectivity index (χ4n) is 2.53. The molecular formula is C13H21N3O2. The second kappa shape index (κ2) is 4.65. The van der Waals surface area contributed by atoms with Crippen LogP contribution in [0.25, 0.3) is 0 Å². The molecule has 1 saturated heterocycles. The minimum absolute atomic E-state index is 0.0477. The van der Waals surface area contributed by atoms with Gasteiger partial charge in [-0.1, -0.05) is 0 Å². The number of likely N-dealkylation sites (tertiary alicyclic amines) is 1. The lowest BCUT2D eigenvalue weighted by Gasteiger charge is -2.36. The number of nitrogens with two attached hydrogens (primary N) is 1. The van der Waals surface area contributed by atoms with E-state index in [1.807, 2.05) is 11.5 Å². The molecule has 18 heavy (non-hydrogen) atoms. The molecule has 0 spiro atoms. The van der Waals surface area contributed by atoms with Crippen LogP contribution < -0.4 is 5.73 Å². The van der Waals surface area contributed by atoms with E-state index in [0.717, 1.165) is 12.8 Å². The van der Waals surface area contributed by atoms with E-state index in [2.05, 4.69) is 0 Å². The Balaban J connectivity index is 2.20. The van der Waals surface area contributed by atoms with E-state index in [9.17, 15) is 9.90 Å². The molecule has 0 radical (unpaired) electrons. The molecule has 2 heterocycles. The van der Waals surface area contributed by atoms with E-state index in [0.29, 0.717) is 31.0 Å².